The molecular weight excluding hydrogens is 390 g/mol. The number of rotatable bonds is 7. The van der Waals surface area contributed by atoms with Crippen LogP contribution in [-0.2, 0) is 6.54 Å². The topological polar surface area (TPSA) is 115 Å². The molecule has 2 aromatic rings. The minimum atomic E-state index is -0.416. The van der Waals surface area contributed by atoms with E-state index in [-0.39, 0.29) is 23.9 Å². The Morgan fingerprint density at radius 3 is 2.83 bits per heavy atom. The SMILES string of the molecule is COc1ccc(Br)cc1CNCCNC(=O)c1nonc1N.Cl. The van der Waals surface area contributed by atoms with E-state index in [9.17, 15) is 4.79 Å². The lowest BCUT2D eigenvalue weighted by Gasteiger charge is -2.10. The molecule has 4 N–H and O–H groups in total. The molecule has 0 unspecified atom stereocenters. The van der Waals surface area contributed by atoms with E-state index >= 15 is 0 Å². The number of ether oxygens (including phenoxy) is 1. The standard InChI is InChI=1S/C13H16BrN5O3.ClH/c1-21-10-3-2-9(14)6-8(10)7-16-4-5-17-13(20)11-12(15)19-22-18-11;/h2-3,6,16H,4-5,7H2,1H3,(H2,15,19)(H,17,20);1H. The quantitative estimate of drug-likeness (QED) is 0.595. The Labute approximate surface area is 147 Å². The zero-order valence-electron chi connectivity index (χ0n) is 12.3. The molecule has 2 rings (SSSR count). The summed E-state index contributed by atoms with van der Waals surface area (Å²) in [7, 11) is 1.63. The number of amides is 1. The Bertz CT molecular complexity index is 652. The van der Waals surface area contributed by atoms with Crippen LogP contribution in [0.15, 0.2) is 27.3 Å². The van der Waals surface area contributed by atoms with Gasteiger partial charge in [-0.25, -0.2) is 4.63 Å². The molecule has 0 atom stereocenters. The minimum Gasteiger partial charge on any atom is -0.496 e. The van der Waals surface area contributed by atoms with Gasteiger partial charge in [-0.15, -0.1) is 12.4 Å². The largest absolute Gasteiger partial charge is 0.496 e. The van der Waals surface area contributed by atoms with E-state index in [0.717, 1.165) is 15.8 Å². The first-order valence-electron chi connectivity index (χ1n) is 6.51. The maximum absolute atomic E-state index is 11.7. The molecule has 1 aromatic heterocycles. The summed E-state index contributed by atoms with van der Waals surface area (Å²) in [5.41, 5.74) is 6.45. The van der Waals surface area contributed by atoms with Gasteiger partial charge in [-0.3, -0.25) is 4.79 Å². The molecule has 8 nitrogen and oxygen atoms in total. The number of nitrogens with zero attached hydrogens (tertiary/aromatic N) is 2. The van der Waals surface area contributed by atoms with Gasteiger partial charge in [0.05, 0.1) is 7.11 Å². The third-order valence-electron chi connectivity index (χ3n) is 2.87. The Morgan fingerprint density at radius 1 is 1.39 bits per heavy atom. The van der Waals surface area contributed by atoms with Gasteiger partial charge in [0.1, 0.15) is 5.75 Å². The molecule has 23 heavy (non-hydrogen) atoms. The summed E-state index contributed by atoms with van der Waals surface area (Å²) in [6, 6.07) is 5.79. The highest BCUT2D eigenvalue weighted by molar-refractivity contribution is 9.10. The van der Waals surface area contributed by atoms with Gasteiger partial charge < -0.3 is 21.1 Å². The summed E-state index contributed by atoms with van der Waals surface area (Å²) in [4.78, 5) is 11.7. The highest BCUT2D eigenvalue weighted by atomic mass is 79.9. The predicted molar refractivity (Wildman–Crippen MR) is 90.7 cm³/mol. The van der Waals surface area contributed by atoms with Gasteiger partial charge in [0, 0.05) is 29.7 Å². The van der Waals surface area contributed by atoms with Gasteiger partial charge in [-0.2, -0.15) is 0 Å². The number of halogens is 2. The number of hydrogen-bond acceptors (Lipinski definition) is 7. The fraction of sp³-hybridized carbons (Fsp3) is 0.308. The highest BCUT2D eigenvalue weighted by Crippen LogP contribution is 2.22. The molecule has 0 aliphatic carbocycles. The van der Waals surface area contributed by atoms with Crippen molar-refractivity contribution < 1.29 is 14.2 Å². The van der Waals surface area contributed by atoms with Gasteiger partial charge >= 0.3 is 0 Å². The summed E-state index contributed by atoms with van der Waals surface area (Å²) in [6.45, 7) is 1.61. The molecule has 0 bridgehead atoms. The lowest BCUT2D eigenvalue weighted by molar-refractivity contribution is 0.0944. The number of carbonyl (C=O) groups is 1. The van der Waals surface area contributed by atoms with E-state index in [1.807, 2.05) is 18.2 Å². The van der Waals surface area contributed by atoms with Gasteiger partial charge in [0.15, 0.2) is 0 Å². The molecule has 126 valence electrons. The van der Waals surface area contributed by atoms with Crippen molar-refractivity contribution in [3.8, 4) is 5.75 Å². The van der Waals surface area contributed by atoms with Crippen LogP contribution in [0.4, 0.5) is 5.82 Å². The summed E-state index contributed by atoms with van der Waals surface area (Å²) in [5, 5.41) is 12.7. The molecule has 0 aliphatic heterocycles. The van der Waals surface area contributed by atoms with Crippen molar-refractivity contribution >= 4 is 40.1 Å². The van der Waals surface area contributed by atoms with Gasteiger partial charge in [0.2, 0.25) is 11.5 Å². The lowest BCUT2D eigenvalue weighted by Crippen LogP contribution is -2.32. The van der Waals surface area contributed by atoms with Crippen molar-refractivity contribution in [2.24, 2.45) is 0 Å². The van der Waals surface area contributed by atoms with Crippen molar-refractivity contribution in [3.63, 3.8) is 0 Å². The van der Waals surface area contributed by atoms with E-state index in [2.05, 4.69) is 41.5 Å². The van der Waals surface area contributed by atoms with Gasteiger partial charge in [-0.1, -0.05) is 15.9 Å². The van der Waals surface area contributed by atoms with Crippen LogP contribution >= 0.6 is 28.3 Å². The summed E-state index contributed by atoms with van der Waals surface area (Å²) < 4.78 is 10.6. The normalized spacial score (nSPS) is 10.0. The minimum absolute atomic E-state index is 0. The van der Waals surface area contributed by atoms with E-state index in [4.69, 9.17) is 10.5 Å². The average molecular weight is 407 g/mol. The molecular formula is C13H17BrClN5O3. The first-order chi connectivity index (χ1) is 10.6. The van der Waals surface area contributed by atoms with E-state index in [1.165, 1.54) is 0 Å². The molecule has 0 aliphatic rings. The Balaban J connectivity index is 0.00000264. The Hall–Kier alpha value is -1.84. The molecule has 0 saturated carbocycles. The number of nitrogens with two attached hydrogens (primary N) is 1. The van der Waals surface area contributed by atoms with Crippen LogP contribution < -0.4 is 21.1 Å². The monoisotopic (exact) mass is 405 g/mol. The first-order valence-corrected chi connectivity index (χ1v) is 7.30. The number of carbonyl (C=O) groups excluding carboxylic acids is 1. The molecule has 1 aromatic carbocycles. The van der Waals surface area contributed by atoms with Crippen molar-refractivity contribution in [3.05, 3.63) is 33.9 Å². The van der Waals surface area contributed by atoms with Crippen LogP contribution in [0.1, 0.15) is 16.1 Å². The Morgan fingerprint density at radius 2 is 2.17 bits per heavy atom. The van der Waals surface area contributed by atoms with E-state index in [0.29, 0.717) is 19.6 Å². The highest BCUT2D eigenvalue weighted by Gasteiger charge is 2.14. The third-order valence-corrected chi connectivity index (χ3v) is 3.37. The van der Waals surface area contributed by atoms with Crippen LogP contribution in [0.25, 0.3) is 0 Å². The van der Waals surface area contributed by atoms with Crippen molar-refractivity contribution in [1.82, 2.24) is 20.9 Å². The van der Waals surface area contributed by atoms with Crippen LogP contribution in [0.2, 0.25) is 0 Å². The van der Waals surface area contributed by atoms with Crippen LogP contribution in [-0.4, -0.2) is 36.4 Å². The second-order valence-electron chi connectivity index (χ2n) is 4.39. The number of methoxy groups -OCH3 is 1. The summed E-state index contributed by atoms with van der Waals surface area (Å²) >= 11 is 3.42. The first kappa shape index (κ1) is 19.2. The summed E-state index contributed by atoms with van der Waals surface area (Å²) in [6.07, 6.45) is 0. The lowest BCUT2D eigenvalue weighted by atomic mass is 10.2. The smallest absolute Gasteiger partial charge is 0.277 e. The van der Waals surface area contributed by atoms with Crippen LogP contribution in [0, 0.1) is 0 Å². The number of benzene rings is 1. The number of hydrogen-bond donors (Lipinski definition) is 3. The molecule has 0 fully saturated rings. The maximum atomic E-state index is 11.7. The van der Waals surface area contributed by atoms with Crippen LogP contribution in [0.5, 0.6) is 5.75 Å². The maximum Gasteiger partial charge on any atom is 0.277 e. The van der Waals surface area contributed by atoms with Crippen molar-refractivity contribution in [1.29, 1.82) is 0 Å². The second-order valence-corrected chi connectivity index (χ2v) is 5.30. The number of nitrogen functional groups attached to an aromatic ring is 1. The fourth-order valence-electron chi connectivity index (χ4n) is 1.81. The molecule has 0 radical (unpaired) electrons. The van der Waals surface area contributed by atoms with E-state index in [1.54, 1.807) is 7.11 Å². The van der Waals surface area contributed by atoms with Crippen molar-refractivity contribution in [2.45, 2.75) is 6.54 Å². The van der Waals surface area contributed by atoms with Gasteiger partial charge in [-0.05, 0) is 28.5 Å². The molecule has 0 saturated heterocycles. The fourth-order valence-corrected chi connectivity index (χ4v) is 2.22. The Kier molecular flexibility index (Phi) is 7.79. The number of anilines is 1. The summed E-state index contributed by atoms with van der Waals surface area (Å²) in [5.74, 6) is 0.367. The number of nitrogens with one attached hydrogen (secondary N) is 2. The van der Waals surface area contributed by atoms with Crippen molar-refractivity contribution in [2.75, 3.05) is 25.9 Å². The predicted octanol–water partition coefficient (Wildman–Crippen LogP) is 1.36. The van der Waals surface area contributed by atoms with Gasteiger partial charge in [0.25, 0.3) is 5.91 Å². The third kappa shape index (κ3) is 5.38. The molecule has 1 amide bonds. The molecule has 1 heterocycles. The molecule has 10 heteroatoms. The zero-order chi connectivity index (χ0) is 15.9. The average Bonchev–Trinajstić information content (AvgIpc) is 2.93. The zero-order valence-corrected chi connectivity index (χ0v) is 14.7. The van der Waals surface area contributed by atoms with Crippen LogP contribution in [0.3, 0.4) is 0 Å². The second kappa shape index (κ2) is 9.33. The number of aromatic nitrogens is 2. The van der Waals surface area contributed by atoms with E-state index < -0.39 is 5.91 Å². The molecule has 0 spiro atoms.